The summed E-state index contributed by atoms with van der Waals surface area (Å²) in [6.07, 6.45) is 1.98. The first-order chi connectivity index (χ1) is 16.3. The molecule has 3 rings (SSSR count). The van der Waals surface area contributed by atoms with Crippen LogP contribution in [0.4, 0.5) is 18.9 Å². The monoisotopic (exact) mass is 477 g/mol. The Morgan fingerprint density at radius 3 is 2.65 bits per heavy atom. The van der Waals surface area contributed by atoms with Gasteiger partial charge in [0.05, 0.1) is 18.6 Å². The topological polar surface area (TPSA) is 45.7 Å². The van der Waals surface area contributed by atoms with Gasteiger partial charge in [0.25, 0.3) is 0 Å². The fourth-order valence-electron chi connectivity index (χ4n) is 3.83. The lowest BCUT2D eigenvalue weighted by molar-refractivity contribution is -0.143. The van der Waals surface area contributed by atoms with Gasteiger partial charge in [0.1, 0.15) is 0 Å². The van der Waals surface area contributed by atoms with E-state index < -0.39 is 11.7 Å². The maximum absolute atomic E-state index is 13.5. The molecule has 1 aromatic heterocycles. The molecule has 0 aliphatic carbocycles. The van der Waals surface area contributed by atoms with Gasteiger partial charge in [0.15, 0.2) is 0 Å². The van der Waals surface area contributed by atoms with Crippen LogP contribution in [0.2, 0.25) is 0 Å². The van der Waals surface area contributed by atoms with Crippen molar-refractivity contribution in [2.45, 2.75) is 46.3 Å². The van der Waals surface area contributed by atoms with Gasteiger partial charge in [-0.2, -0.15) is 13.2 Å². The maximum Gasteiger partial charge on any atom is 0.416 e. The van der Waals surface area contributed by atoms with Crippen LogP contribution in [0.3, 0.4) is 0 Å². The summed E-state index contributed by atoms with van der Waals surface area (Å²) in [6.45, 7) is 8.36. The largest absolute Gasteiger partial charge is 0.466 e. The summed E-state index contributed by atoms with van der Waals surface area (Å²) in [6, 6.07) is 7.66. The number of hydrogen-bond donors (Lipinski definition) is 0. The number of carbonyl (C=O) groups is 1. The number of ether oxygens (including phenoxy) is 1. The van der Waals surface area contributed by atoms with Crippen LogP contribution in [0.5, 0.6) is 0 Å². The SMILES string of the molecule is CC.CCOC(=O)CCN1CCC=C(c2cc(C(F)(F)F)ccc2N(C)Cc2cccnc2)C1. The second-order valence-electron chi connectivity index (χ2n) is 7.80. The number of aromatic nitrogens is 1. The van der Waals surface area contributed by atoms with Crippen molar-refractivity contribution in [2.75, 3.05) is 38.2 Å². The molecule has 1 aromatic carbocycles. The molecule has 0 bridgehead atoms. The van der Waals surface area contributed by atoms with E-state index in [4.69, 9.17) is 4.74 Å². The molecule has 0 amide bonds. The lowest BCUT2D eigenvalue weighted by Gasteiger charge is -2.30. The Bertz CT molecular complexity index is 946. The molecular weight excluding hydrogens is 443 g/mol. The third kappa shape index (κ3) is 7.87. The van der Waals surface area contributed by atoms with Crippen LogP contribution in [-0.4, -0.2) is 49.1 Å². The van der Waals surface area contributed by atoms with Crippen molar-refractivity contribution in [3.8, 4) is 0 Å². The number of anilines is 1. The molecule has 0 spiro atoms. The third-order valence-electron chi connectivity index (χ3n) is 5.39. The number of nitrogens with zero attached hydrogens (tertiary/aromatic N) is 3. The number of carbonyl (C=O) groups excluding carboxylic acids is 1. The second kappa shape index (κ2) is 13.1. The van der Waals surface area contributed by atoms with Crippen molar-refractivity contribution in [2.24, 2.45) is 0 Å². The predicted molar refractivity (Wildman–Crippen MR) is 129 cm³/mol. The van der Waals surface area contributed by atoms with Gasteiger partial charge in [-0.15, -0.1) is 0 Å². The van der Waals surface area contributed by atoms with Gasteiger partial charge in [-0.3, -0.25) is 14.7 Å². The highest BCUT2D eigenvalue weighted by Crippen LogP contribution is 2.37. The van der Waals surface area contributed by atoms with Gasteiger partial charge in [-0.1, -0.05) is 26.0 Å². The highest BCUT2D eigenvalue weighted by molar-refractivity contribution is 5.79. The fourth-order valence-corrected chi connectivity index (χ4v) is 3.83. The van der Waals surface area contributed by atoms with E-state index in [0.717, 1.165) is 29.4 Å². The molecule has 5 nitrogen and oxygen atoms in total. The van der Waals surface area contributed by atoms with E-state index in [-0.39, 0.29) is 12.4 Å². The van der Waals surface area contributed by atoms with Crippen LogP contribution < -0.4 is 4.90 Å². The van der Waals surface area contributed by atoms with Crippen molar-refractivity contribution >= 4 is 17.2 Å². The standard InChI is InChI=1S/C24H28F3N3O2.C2H6/c1-3-32-23(31)10-13-30-12-5-7-19(17-30)21-14-20(24(25,26)27)8-9-22(21)29(2)16-18-6-4-11-28-15-18;1-2/h4,6-9,11,14-15H,3,5,10,12-13,16-17H2,1-2H3;1-2H3. The van der Waals surface area contributed by atoms with E-state index in [1.807, 2.05) is 44.0 Å². The molecule has 0 N–H and O–H groups in total. The molecule has 1 aliphatic rings. The van der Waals surface area contributed by atoms with Crippen molar-refractivity contribution in [1.82, 2.24) is 9.88 Å². The average molecular weight is 478 g/mol. The fraction of sp³-hybridized carbons (Fsp3) is 0.462. The molecule has 1 aliphatic heterocycles. The van der Waals surface area contributed by atoms with E-state index in [2.05, 4.69) is 9.88 Å². The number of benzene rings is 1. The Morgan fingerprint density at radius 1 is 1.24 bits per heavy atom. The van der Waals surface area contributed by atoms with Gasteiger partial charge in [0.2, 0.25) is 0 Å². The molecule has 0 atom stereocenters. The van der Waals surface area contributed by atoms with Crippen molar-refractivity contribution < 1.29 is 22.7 Å². The Morgan fingerprint density at radius 2 is 2.00 bits per heavy atom. The Balaban J connectivity index is 0.00000199. The summed E-state index contributed by atoms with van der Waals surface area (Å²) < 4.78 is 45.4. The summed E-state index contributed by atoms with van der Waals surface area (Å²) in [5, 5.41) is 0. The zero-order valence-corrected chi connectivity index (χ0v) is 20.4. The van der Waals surface area contributed by atoms with Gasteiger partial charge >= 0.3 is 12.1 Å². The number of esters is 1. The summed E-state index contributed by atoms with van der Waals surface area (Å²) >= 11 is 0. The minimum absolute atomic E-state index is 0.261. The molecule has 186 valence electrons. The van der Waals surface area contributed by atoms with Crippen LogP contribution in [0.1, 0.15) is 50.3 Å². The molecular formula is C26H34F3N3O2. The molecule has 0 saturated heterocycles. The minimum Gasteiger partial charge on any atom is -0.466 e. The van der Waals surface area contributed by atoms with Crippen molar-refractivity contribution in [1.29, 1.82) is 0 Å². The molecule has 8 heteroatoms. The summed E-state index contributed by atoms with van der Waals surface area (Å²) in [4.78, 5) is 19.8. The maximum atomic E-state index is 13.5. The zero-order valence-electron chi connectivity index (χ0n) is 20.4. The zero-order chi connectivity index (χ0) is 25.1. The molecule has 0 saturated carbocycles. The molecule has 0 fully saturated rings. The summed E-state index contributed by atoms with van der Waals surface area (Å²) in [5.41, 5.74) is 2.41. The first-order valence-corrected chi connectivity index (χ1v) is 11.7. The van der Waals surface area contributed by atoms with E-state index in [9.17, 15) is 18.0 Å². The normalized spacial score (nSPS) is 14.0. The minimum atomic E-state index is -4.42. The lowest BCUT2D eigenvalue weighted by atomic mass is 9.96. The lowest BCUT2D eigenvalue weighted by Crippen LogP contribution is -2.32. The first kappa shape index (κ1) is 27.4. The average Bonchev–Trinajstić information content (AvgIpc) is 2.84. The summed E-state index contributed by atoms with van der Waals surface area (Å²) in [7, 11) is 1.86. The van der Waals surface area contributed by atoms with Crippen LogP contribution in [0.15, 0.2) is 48.8 Å². The van der Waals surface area contributed by atoms with Gasteiger partial charge in [-0.25, -0.2) is 0 Å². The van der Waals surface area contributed by atoms with Gasteiger partial charge in [-0.05, 0) is 48.7 Å². The van der Waals surface area contributed by atoms with Crippen molar-refractivity contribution in [3.05, 3.63) is 65.5 Å². The molecule has 2 heterocycles. The van der Waals surface area contributed by atoms with Crippen LogP contribution in [-0.2, 0) is 22.3 Å². The Hall–Kier alpha value is -2.87. The first-order valence-electron chi connectivity index (χ1n) is 11.7. The molecule has 34 heavy (non-hydrogen) atoms. The van der Waals surface area contributed by atoms with Gasteiger partial charge < -0.3 is 9.64 Å². The highest BCUT2D eigenvalue weighted by atomic mass is 19.4. The predicted octanol–water partition coefficient (Wildman–Crippen LogP) is 5.81. The molecule has 0 unspecified atom stereocenters. The van der Waals surface area contributed by atoms with E-state index in [0.29, 0.717) is 38.2 Å². The third-order valence-corrected chi connectivity index (χ3v) is 5.39. The van der Waals surface area contributed by atoms with Crippen molar-refractivity contribution in [3.63, 3.8) is 0 Å². The smallest absolute Gasteiger partial charge is 0.416 e. The van der Waals surface area contributed by atoms with E-state index in [1.54, 1.807) is 19.3 Å². The molecule has 2 aromatic rings. The number of alkyl halides is 3. The van der Waals surface area contributed by atoms with Crippen LogP contribution in [0.25, 0.3) is 5.57 Å². The molecule has 0 radical (unpaired) electrons. The number of hydrogen-bond acceptors (Lipinski definition) is 5. The van der Waals surface area contributed by atoms with Crippen LogP contribution >= 0.6 is 0 Å². The quantitative estimate of drug-likeness (QED) is 0.450. The van der Waals surface area contributed by atoms with Gasteiger partial charge in [0, 0.05) is 56.9 Å². The Kier molecular flexibility index (Phi) is 10.6. The number of rotatable bonds is 8. The van der Waals surface area contributed by atoms with E-state index >= 15 is 0 Å². The Labute approximate surface area is 200 Å². The second-order valence-corrected chi connectivity index (χ2v) is 7.80. The number of halogens is 3. The number of pyridine rings is 1. The highest BCUT2D eigenvalue weighted by Gasteiger charge is 2.32. The van der Waals surface area contributed by atoms with E-state index in [1.165, 1.54) is 12.1 Å². The summed E-state index contributed by atoms with van der Waals surface area (Å²) in [5.74, 6) is -0.264. The van der Waals surface area contributed by atoms with Crippen LogP contribution in [0, 0.1) is 0 Å².